The molecule has 0 radical (unpaired) electrons. The van der Waals surface area contributed by atoms with Crippen molar-refractivity contribution in [2.75, 3.05) is 5.32 Å². The summed E-state index contributed by atoms with van der Waals surface area (Å²) in [5, 5.41) is 2.80. The van der Waals surface area contributed by atoms with Crippen LogP contribution in [0, 0.1) is 0 Å². The summed E-state index contributed by atoms with van der Waals surface area (Å²) in [5.74, 6) is 0.383. The van der Waals surface area contributed by atoms with E-state index in [4.69, 9.17) is 4.74 Å². The van der Waals surface area contributed by atoms with Gasteiger partial charge in [-0.1, -0.05) is 32.9 Å². The third kappa shape index (κ3) is 3.96. The van der Waals surface area contributed by atoms with Crippen LogP contribution in [0.15, 0.2) is 47.3 Å². The molecule has 0 spiro atoms. The van der Waals surface area contributed by atoms with Gasteiger partial charge in [0.2, 0.25) is 0 Å². The van der Waals surface area contributed by atoms with Gasteiger partial charge in [-0.15, -0.1) is 0 Å². The summed E-state index contributed by atoms with van der Waals surface area (Å²) in [7, 11) is 0. The van der Waals surface area contributed by atoms with Crippen molar-refractivity contribution in [1.29, 1.82) is 0 Å². The first kappa shape index (κ1) is 17.8. The van der Waals surface area contributed by atoms with Gasteiger partial charge >= 0.3 is 5.69 Å². The van der Waals surface area contributed by atoms with Crippen LogP contribution in [0.5, 0.6) is 5.75 Å². The Labute approximate surface area is 151 Å². The van der Waals surface area contributed by atoms with Crippen LogP contribution in [0.25, 0.3) is 11.0 Å². The molecule has 2 aromatic carbocycles. The van der Waals surface area contributed by atoms with E-state index >= 15 is 0 Å². The predicted molar refractivity (Wildman–Crippen MR) is 103 cm³/mol. The minimum absolute atomic E-state index is 0.0688. The third-order valence-electron chi connectivity index (χ3n) is 4.19. The summed E-state index contributed by atoms with van der Waals surface area (Å²) in [6, 6.07) is 12.9. The Morgan fingerprint density at radius 1 is 1.04 bits per heavy atom. The van der Waals surface area contributed by atoms with Crippen LogP contribution < -0.4 is 15.7 Å². The van der Waals surface area contributed by atoms with E-state index in [9.17, 15) is 9.59 Å². The summed E-state index contributed by atoms with van der Waals surface area (Å²) in [6.45, 7) is 8.14. The zero-order valence-electron chi connectivity index (χ0n) is 15.3. The highest BCUT2D eigenvalue weighted by Crippen LogP contribution is 2.24. The van der Waals surface area contributed by atoms with Crippen LogP contribution in [0.4, 0.5) is 5.69 Å². The maximum atomic E-state index is 12.4. The van der Waals surface area contributed by atoms with E-state index in [0.717, 1.165) is 0 Å². The lowest BCUT2D eigenvalue weighted by Crippen LogP contribution is -2.30. The zero-order valence-corrected chi connectivity index (χ0v) is 15.3. The van der Waals surface area contributed by atoms with Gasteiger partial charge in [0, 0.05) is 5.69 Å². The molecule has 3 aromatic rings. The van der Waals surface area contributed by atoms with E-state index in [1.54, 1.807) is 25.1 Å². The minimum atomic E-state index is -0.656. The lowest BCUT2D eigenvalue weighted by molar-refractivity contribution is -0.122. The topological polar surface area (TPSA) is 87.0 Å². The normalized spacial score (nSPS) is 12.8. The van der Waals surface area contributed by atoms with Crippen molar-refractivity contribution in [3.8, 4) is 5.75 Å². The average Bonchev–Trinajstić information content (AvgIpc) is 2.93. The Kier molecular flexibility index (Phi) is 4.59. The van der Waals surface area contributed by atoms with Crippen molar-refractivity contribution >= 4 is 22.6 Å². The van der Waals surface area contributed by atoms with Crippen LogP contribution in [-0.4, -0.2) is 22.0 Å². The number of aromatic amines is 2. The lowest BCUT2D eigenvalue weighted by Gasteiger charge is -2.20. The number of ether oxygens (including phenoxy) is 1. The number of fused-ring (bicyclic) bond motifs is 1. The molecule has 0 saturated heterocycles. The van der Waals surface area contributed by atoms with Gasteiger partial charge in [0.05, 0.1) is 11.0 Å². The number of carbonyl (C=O) groups excluding carboxylic acids is 1. The number of imidazole rings is 1. The highest BCUT2D eigenvalue weighted by atomic mass is 16.5. The van der Waals surface area contributed by atoms with Crippen molar-refractivity contribution in [2.45, 2.75) is 39.2 Å². The molecule has 136 valence electrons. The second-order valence-electron chi connectivity index (χ2n) is 7.36. The van der Waals surface area contributed by atoms with Crippen LogP contribution in [0.3, 0.4) is 0 Å². The second-order valence-corrected chi connectivity index (χ2v) is 7.36. The first-order valence-corrected chi connectivity index (χ1v) is 8.52. The molecule has 0 aliphatic heterocycles. The van der Waals surface area contributed by atoms with Crippen LogP contribution >= 0.6 is 0 Å². The van der Waals surface area contributed by atoms with Gasteiger partial charge in [0.1, 0.15) is 5.75 Å². The molecule has 1 unspecified atom stereocenters. The molecule has 1 aromatic heterocycles. The fourth-order valence-electron chi connectivity index (χ4n) is 2.65. The van der Waals surface area contributed by atoms with Crippen LogP contribution in [0.1, 0.15) is 33.3 Å². The molecule has 0 aliphatic rings. The SMILES string of the molecule is CC(Oc1ccc(C(C)(C)C)cc1)C(=O)Nc1ccc2[nH]c(=O)[nH]c2c1. The summed E-state index contributed by atoms with van der Waals surface area (Å²) in [5.41, 5.74) is 2.92. The standard InChI is InChI=1S/C20H23N3O3/c1-12(26-15-8-5-13(6-9-15)20(2,3)4)18(24)21-14-7-10-16-17(11-14)23-19(25)22-16/h5-12H,1-4H3,(H,21,24)(H2,22,23,25). The number of benzene rings is 2. The Hall–Kier alpha value is -3.02. The Bertz CT molecular complexity index is 978. The molecular weight excluding hydrogens is 330 g/mol. The fourth-order valence-corrected chi connectivity index (χ4v) is 2.65. The highest BCUT2D eigenvalue weighted by Gasteiger charge is 2.17. The number of carbonyl (C=O) groups is 1. The smallest absolute Gasteiger partial charge is 0.323 e. The molecule has 1 atom stereocenters. The van der Waals surface area contributed by atoms with Crippen molar-refractivity contribution < 1.29 is 9.53 Å². The molecular formula is C20H23N3O3. The van der Waals surface area contributed by atoms with Crippen LogP contribution in [0.2, 0.25) is 0 Å². The molecule has 6 heteroatoms. The van der Waals surface area contributed by atoms with Gasteiger partial charge in [-0.05, 0) is 48.2 Å². The highest BCUT2D eigenvalue weighted by molar-refractivity contribution is 5.95. The van der Waals surface area contributed by atoms with Gasteiger partial charge in [0.15, 0.2) is 6.10 Å². The van der Waals surface area contributed by atoms with Crippen molar-refractivity contribution in [3.63, 3.8) is 0 Å². The first-order valence-electron chi connectivity index (χ1n) is 8.52. The lowest BCUT2D eigenvalue weighted by atomic mass is 9.87. The number of H-pyrrole nitrogens is 2. The van der Waals surface area contributed by atoms with Crippen molar-refractivity contribution in [3.05, 3.63) is 58.5 Å². The fraction of sp³-hybridized carbons (Fsp3) is 0.300. The van der Waals surface area contributed by atoms with E-state index in [0.29, 0.717) is 22.5 Å². The minimum Gasteiger partial charge on any atom is -0.481 e. The van der Waals surface area contributed by atoms with E-state index in [1.165, 1.54) is 5.56 Å². The first-order chi connectivity index (χ1) is 12.2. The summed E-state index contributed by atoms with van der Waals surface area (Å²) in [4.78, 5) is 29.0. The van der Waals surface area contributed by atoms with Gasteiger partial charge in [-0.2, -0.15) is 0 Å². The molecule has 3 N–H and O–H groups in total. The maximum Gasteiger partial charge on any atom is 0.323 e. The number of nitrogens with one attached hydrogen (secondary N) is 3. The second kappa shape index (κ2) is 6.71. The molecule has 1 amide bonds. The Morgan fingerprint density at radius 3 is 2.35 bits per heavy atom. The number of amides is 1. The third-order valence-corrected chi connectivity index (χ3v) is 4.19. The van der Waals surface area contributed by atoms with Crippen LogP contribution in [-0.2, 0) is 10.2 Å². The number of rotatable bonds is 4. The molecule has 1 heterocycles. The average molecular weight is 353 g/mol. The van der Waals surface area contributed by atoms with Gasteiger partial charge in [-0.25, -0.2) is 4.79 Å². The molecule has 26 heavy (non-hydrogen) atoms. The van der Waals surface area contributed by atoms with Crippen molar-refractivity contribution in [1.82, 2.24) is 9.97 Å². The van der Waals surface area contributed by atoms with Gasteiger partial charge < -0.3 is 20.0 Å². The summed E-state index contributed by atoms with van der Waals surface area (Å²) in [6.07, 6.45) is -0.656. The number of hydrogen-bond acceptors (Lipinski definition) is 3. The van der Waals surface area contributed by atoms with Crippen molar-refractivity contribution in [2.24, 2.45) is 0 Å². The van der Waals surface area contributed by atoms with E-state index in [2.05, 4.69) is 36.1 Å². The zero-order chi connectivity index (χ0) is 18.9. The molecule has 0 saturated carbocycles. The largest absolute Gasteiger partial charge is 0.481 e. The molecule has 6 nitrogen and oxygen atoms in total. The van der Waals surface area contributed by atoms with E-state index in [-0.39, 0.29) is 17.0 Å². The molecule has 0 bridgehead atoms. The van der Waals surface area contributed by atoms with E-state index < -0.39 is 6.10 Å². The summed E-state index contributed by atoms with van der Waals surface area (Å²) >= 11 is 0. The Balaban J connectivity index is 1.66. The molecule has 0 aliphatic carbocycles. The predicted octanol–water partition coefficient (Wildman–Crippen LogP) is 3.56. The maximum absolute atomic E-state index is 12.4. The quantitative estimate of drug-likeness (QED) is 0.670. The Morgan fingerprint density at radius 2 is 1.69 bits per heavy atom. The monoisotopic (exact) mass is 353 g/mol. The molecule has 0 fully saturated rings. The van der Waals surface area contributed by atoms with E-state index in [1.807, 2.05) is 24.3 Å². The molecule has 3 rings (SSSR count). The van der Waals surface area contributed by atoms with Gasteiger partial charge in [0.25, 0.3) is 5.91 Å². The summed E-state index contributed by atoms with van der Waals surface area (Å²) < 4.78 is 5.73. The number of anilines is 1. The van der Waals surface area contributed by atoms with Gasteiger partial charge in [-0.3, -0.25) is 4.79 Å². The number of hydrogen-bond donors (Lipinski definition) is 3. The number of aromatic nitrogens is 2.